The number of aryl methyl sites for hydroxylation is 1. The molecule has 0 spiro atoms. The Hall–Kier alpha value is -2.87. The summed E-state index contributed by atoms with van der Waals surface area (Å²) in [6, 6.07) is 11.9. The van der Waals surface area contributed by atoms with E-state index >= 15 is 0 Å². The van der Waals surface area contributed by atoms with Crippen LogP contribution in [0.2, 0.25) is 0 Å². The van der Waals surface area contributed by atoms with Crippen molar-refractivity contribution in [1.29, 1.82) is 5.26 Å². The molecule has 1 aromatic carbocycles. The minimum Gasteiger partial charge on any atom is -0.369 e. The van der Waals surface area contributed by atoms with Crippen LogP contribution in [0.3, 0.4) is 0 Å². The summed E-state index contributed by atoms with van der Waals surface area (Å²) in [6.45, 7) is 0.714. The van der Waals surface area contributed by atoms with Gasteiger partial charge in [0.1, 0.15) is 11.9 Å². The molecule has 0 saturated carbocycles. The monoisotopic (exact) mass is 277 g/mol. The molecular formula is C16H15N5. The van der Waals surface area contributed by atoms with Crippen molar-refractivity contribution in [2.75, 3.05) is 11.9 Å². The SMILES string of the molecule is Cn1cc(CCNc2nc3ccccc3cc2C#N)cn1. The van der Waals surface area contributed by atoms with E-state index in [-0.39, 0.29) is 0 Å². The zero-order valence-electron chi connectivity index (χ0n) is 11.7. The van der Waals surface area contributed by atoms with Gasteiger partial charge in [0, 0.05) is 25.2 Å². The first kappa shape index (κ1) is 13.1. The number of anilines is 1. The fourth-order valence-electron chi connectivity index (χ4n) is 2.26. The van der Waals surface area contributed by atoms with Crippen molar-refractivity contribution in [2.45, 2.75) is 6.42 Å². The van der Waals surface area contributed by atoms with Gasteiger partial charge in [-0.05, 0) is 24.1 Å². The summed E-state index contributed by atoms with van der Waals surface area (Å²) in [7, 11) is 1.90. The lowest BCUT2D eigenvalue weighted by Gasteiger charge is -2.08. The molecule has 0 amide bonds. The first-order valence-electron chi connectivity index (χ1n) is 6.77. The van der Waals surface area contributed by atoms with E-state index in [1.807, 2.05) is 49.8 Å². The van der Waals surface area contributed by atoms with Crippen molar-refractivity contribution in [3.05, 3.63) is 53.9 Å². The highest BCUT2D eigenvalue weighted by Crippen LogP contribution is 2.19. The van der Waals surface area contributed by atoms with Crippen LogP contribution in [0.1, 0.15) is 11.1 Å². The van der Waals surface area contributed by atoms with Crippen LogP contribution < -0.4 is 5.32 Å². The first-order valence-corrected chi connectivity index (χ1v) is 6.77. The van der Waals surface area contributed by atoms with Gasteiger partial charge in [-0.25, -0.2) is 4.98 Å². The van der Waals surface area contributed by atoms with Crippen molar-refractivity contribution in [3.8, 4) is 6.07 Å². The Bertz CT molecular complexity index is 813. The summed E-state index contributed by atoms with van der Waals surface area (Å²) < 4.78 is 1.78. The number of hydrogen-bond acceptors (Lipinski definition) is 4. The second kappa shape index (κ2) is 5.63. The van der Waals surface area contributed by atoms with Crippen LogP contribution >= 0.6 is 0 Å². The van der Waals surface area contributed by atoms with Crippen molar-refractivity contribution in [2.24, 2.45) is 7.05 Å². The van der Waals surface area contributed by atoms with Crippen molar-refractivity contribution >= 4 is 16.7 Å². The molecule has 104 valence electrons. The second-order valence-corrected chi connectivity index (χ2v) is 4.89. The number of nitriles is 1. The van der Waals surface area contributed by atoms with Gasteiger partial charge in [0.25, 0.3) is 0 Å². The Morgan fingerprint density at radius 3 is 2.95 bits per heavy atom. The summed E-state index contributed by atoms with van der Waals surface area (Å²) in [6.07, 6.45) is 4.68. The van der Waals surface area contributed by atoms with Crippen LogP contribution in [-0.4, -0.2) is 21.3 Å². The van der Waals surface area contributed by atoms with Crippen LogP contribution in [0.15, 0.2) is 42.7 Å². The molecule has 5 heteroatoms. The summed E-state index contributed by atoms with van der Waals surface area (Å²) in [4.78, 5) is 4.53. The van der Waals surface area contributed by atoms with E-state index in [0.717, 1.165) is 22.9 Å². The fourth-order valence-corrected chi connectivity index (χ4v) is 2.26. The minimum atomic E-state index is 0.569. The van der Waals surface area contributed by atoms with Gasteiger partial charge < -0.3 is 5.32 Å². The van der Waals surface area contributed by atoms with Crippen molar-refractivity contribution in [1.82, 2.24) is 14.8 Å². The normalized spacial score (nSPS) is 10.5. The quantitative estimate of drug-likeness (QED) is 0.795. The number of nitrogens with one attached hydrogen (secondary N) is 1. The molecular weight excluding hydrogens is 262 g/mol. The number of nitrogens with zero attached hydrogens (tertiary/aromatic N) is 4. The van der Waals surface area contributed by atoms with E-state index < -0.39 is 0 Å². The number of fused-ring (bicyclic) bond motifs is 1. The highest BCUT2D eigenvalue weighted by molar-refractivity contribution is 5.82. The minimum absolute atomic E-state index is 0.569. The first-order chi connectivity index (χ1) is 10.3. The Morgan fingerprint density at radius 2 is 2.19 bits per heavy atom. The molecule has 0 fully saturated rings. The molecule has 0 radical (unpaired) electrons. The lowest BCUT2D eigenvalue weighted by Crippen LogP contribution is -2.07. The third-order valence-corrected chi connectivity index (χ3v) is 3.31. The van der Waals surface area contributed by atoms with Crippen LogP contribution in [0.4, 0.5) is 5.82 Å². The maximum absolute atomic E-state index is 9.25. The van der Waals surface area contributed by atoms with Gasteiger partial charge in [0.2, 0.25) is 0 Å². The van der Waals surface area contributed by atoms with Crippen LogP contribution in [0, 0.1) is 11.3 Å². The molecule has 1 N–H and O–H groups in total. The highest BCUT2D eigenvalue weighted by Gasteiger charge is 2.06. The zero-order chi connectivity index (χ0) is 14.7. The Balaban J connectivity index is 1.78. The maximum Gasteiger partial charge on any atom is 0.144 e. The number of pyridine rings is 1. The van der Waals surface area contributed by atoms with E-state index in [1.165, 1.54) is 0 Å². The number of rotatable bonds is 4. The van der Waals surface area contributed by atoms with Crippen LogP contribution in [0.5, 0.6) is 0 Å². The second-order valence-electron chi connectivity index (χ2n) is 4.89. The predicted molar refractivity (Wildman–Crippen MR) is 81.9 cm³/mol. The third kappa shape index (κ3) is 2.84. The highest BCUT2D eigenvalue weighted by atomic mass is 15.2. The van der Waals surface area contributed by atoms with Gasteiger partial charge in [0.15, 0.2) is 0 Å². The Morgan fingerprint density at radius 1 is 1.33 bits per heavy atom. The van der Waals surface area contributed by atoms with Gasteiger partial charge in [0.05, 0.1) is 17.3 Å². The molecule has 0 unspecified atom stereocenters. The third-order valence-electron chi connectivity index (χ3n) is 3.31. The predicted octanol–water partition coefficient (Wildman–Crippen LogP) is 2.49. The molecule has 3 rings (SSSR count). The average molecular weight is 277 g/mol. The molecule has 0 aliphatic rings. The van der Waals surface area contributed by atoms with E-state index in [4.69, 9.17) is 0 Å². The van der Waals surface area contributed by atoms with E-state index in [0.29, 0.717) is 17.9 Å². The van der Waals surface area contributed by atoms with Crippen LogP contribution in [0.25, 0.3) is 10.9 Å². The number of aromatic nitrogens is 3. The van der Waals surface area contributed by atoms with E-state index in [9.17, 15) is 5.26 Å². The molecule has 0 atom stereocenters. The summed E-state index contributed by atoms with van der Waals surface area (Å²) in [5.74, 6) is 0.639. The summed E-state index contributed by atoms with van der Waals surface area (Å²) in [5.41, 5.74) is 2.62. The number of hydrogen-bond donors (Lipinski definition) is 1. The smallest absolute Gasteiger partial charge is 0.144 e. The van der Waals surface area contributed by atoms with Gasteiger partial charge in [-0.2, -0.15) is 10.4 Å². The van der Waals surface area contributed by atoms with Crippen molar-refractivity contribution < 1.29 is 0 Å². The van der Waals surface area contributed by atoms with Gasteiger partial charge in [-0.3, -0.25) is 4.68 Å². The molecule has 2 aromatic heterocycles. The Kier molecular flexibility index (Phi) is 3.52. The molecule has 0 aliphatic heterocycles. The average Bonchev–Trinajstić information content (AvgIpc) is 2.92. The standard InChI is InChI=1S/C16H15N5/c1-21-11-12(10-19-21)6-7-18-16-14(9-17)8-13-4-2-3-5-15(13)20-16/h2-5,8,10-11H,6-7H2,1H3,(H,18,20). The lowest BCUT2D eigenvalue weighted by atomic mass is 10.1. The molecule has 0 saturated heterocycles. The van der Waals surface area contributed by atoms with Gasteiger partial charge in [-0.1, -0.05) is 18.2 Å². The molecule has 3 aromatic rings. The van der Waals surface area contributed by atoms with E-state index in [1.54, 1.807) is 4.68 Å². The maximum atomic E-state index is 9.25. The number of para-hydroxylation sites is 1. The molecule has 0 aliphatic carbocycles. The van der Waals surface area contributed by atoms with E-state index in [2.05, 4.69) is 21.5 Å². The molecule has 0 bridgehead atoms. The van der Waals surface area contributed by atoms with Crippen LogP contribution in [-0.2, 0) is 13.5 Å². The fraction of sp³-hybridized carbons (Fsp3) is 0.188. The molecule has 2 heterocycles. The van der Waals surface area contributed by atoms with Gasteiger partial charge >= 0.3 is 0 Å². The molecule has 21 heavy (non-hydrogen) atoms. The summed E-state index contributed by atoms with van der Waals surface area (Å²) >= 11 is 0. The van der Waals surface area contributed by atoms with Gasteiger partial charge in [-0.15, -0.1) is 0 Å². The zero-order valence-corrected chi connectivity index (χ0v) is 11.7. The Labute approximate surface area is 122 Å². The molecule has 5 nitrogen and oxygen atoms in total. The topological polar surface area (TPSA) is 66.5 Å². The van der Waals surface area contributed by atoms with Crippen molar-refractivity contribution in [3.63, 3.8) is 0 Å². The number of benzene rings is 1. The summed E-state index contributed by atoms with van der Waals surface area (Å²) in [5, 5.41) is 17.6. The largest absolute Gasteiger partial charge is 0.369 e. The lowest BCUT2D eigenvalue weighted by molar-refractivity contribution is 0.767.